The smallest absolute Gasteiger partial charge is 0.335 e. The first kappa shape index (κ1) is 14.1. The van der Waals surface area contributed by atoms with Gasteiger partial charge in [-0.15, -0.1) is 4.98 Å². The second-order valence-electron chi connectivity index (χ2n) is 6.15. The number of ether oxygens (including phenoxy) is 2. The van der Waals surface area contributed by atoms with E-state index in [4.69, 9.17) is 9.47 Å². The molecule has 0 radical (unpaired) electrons. The highest BCUT2D eigenvalue weighted by Crippen LogP contribution is 2.25. The molecule has 1 aromatic rings. The van der Waals surface area contributed by atoms with Gasteiger partial charge in [0.1, 0.15) is 18.9 Å². The molecule has 19 heavy (non-hydrogen) atoms. The normalized spacial score (nSPS) is 19.2. The van der Waals surface area contributed by atoms with Crippen molar-refractivity contribution < 1.29 is 9.47 Å². The summed E-state index contributed by atoms with van der Waals surface area (Å²) in [5, 5.41) is 0. The summed E-state index contributed by atoms with van der Waals surface area (Å²) in [5.41, 5.74) is -0.129. The van der Waals surface area contributed by atoms with Crippen LogP contribution in [0.1, 0.15) is 26.6 Å². The summed E-state index contributed by atoms with van der Waals surface area (Å²) in [6.45, 7) is 9.47. The number of rotatable bonds is 2. The zero-order chi connectivity index (χ0) is 14.1. The van der Waals surface area contributed by atoms with Gasteiger partial charge >= 0.3 is 12.0 Å². The van der Waals surface area contributed by atoms with E-state index in [1.54, 1.807) is 7.11 Å². The molecule has 0 spiro atoms. The average Bonchev–Trinajstić information content (AvgIpc) is 2.38. The van der Waals surface area contributed by atoms with Gasteiger partial charge in [0, 0.05) is 5.41 Å². The Morgan fingerprint density at radius 1 is 1.11 bits per heavy atom. The van der Waals surface area contributed by atoms with Gasteiger partial charge in [0.25, 0.3) is 0 Å². The van der Waals surface area contributed by atoms with Crippen LogP contribution < -0.4 is 9.22 Å². The van der Waals surface area contributed by atoms with Gasteiger partial charge in [-0.1, -0.05) is 20.8 Å². The zero-order valence-electron chi connectivity index (χ0n) is 12.4. The minimum absolute atomic E-state index is 0.129. The minimum Gasteiger partial charge on any atom is -0.467 e. The quantitative estimate of drug-likeness (QED) is 0.752. The summed E-state index contributed by atoms with van der Waals surface area (Å²) in [6, 6.07) is 0.390. The van der Waals surface area contributed by atoms with Gasteiger partial charge in [0.2, 0.25) is 0 Å². The molecule has 0 bridgehead atoms. The molecule has 1 aliphatic heterocycles. The predicted molar refractivity (Wildman–Crippen MR) is 73.4 cm³/mol. The highest BCUT2D eigenvalue weighted by molar-refractivity contribution is 5.28. The maximum Gasteiger partial charge on any atom is 0.335 e. The van der Waals surface area contributed by atoms with Crippen molar-refractivity contribution in [1.82, 2.24) is 19.4 Å². The predicted octanol–water partition coefficient (Wildman–Crippen LogP) is 1.14. The van der Waals surface area contributed by atoms with Crippen molar-refractivity contribution in [1.29, 1.82) is 0 Å². The van der Waals surface area contributed by atoms with Crippen LogP contribution in [-0.2, 0) is 10.2 Å². The number of hydrogen-bond acceptors (Lipinski definition) is 5. The summed E-state index contributed by atoms with van der Waals surface area (Å²) in [6.07, 6.45) is 0. The largest absolute Gasteiger partial charge is 0.467 e. The Bertz CT molecular complexity index is 450. The molecule has 0 amide bonds. The zero-order valence-corrected chi connectivity index (χ0v) is 12.4. The summed E-state index contributed by atoms with van der Waals surface area (Å²) >= 11 is 0. The lowest BCUT2D eigenvalue weighted by atomic mass is 9.96. The monoisotopic (exact) mass is 267 g/mol. The van der Waals surface area contributed by atoms with E-state index in [0.29, 0.717) is 10.5 Å². The minimum atomic E-state index is -0.129. The third-order valence-electron chi connectivity index (χ3n) is 3.40. The fourth-order valence-electron chi connectivity index (χ4n) is 1.96. The molecule has 106 valence electrons. The van der Waals surface area contributed by atoms with Gasteiger partial charge in [-0.3, -0.25) is 4.48 Å². The Hall–Kier alpha value is -1.27. The van der Waals surface area contributed by atoms with Crippen molar-refractivity contribution in [2.45, 2.75) is 26.2 Å². The molecule has 1 aromatic heterocycles. The molecule has 0 aromatic carbocycles. The van der Waals surface area contributed by atoms with Gasteiger partial charge in [0.15, 0.2) is 0 Å². The number of aromatic nitrogens is 3. The average molecular weight is 267 g/mol. The lowest BCUT2D eigenvalue weighted by molar-refractivity contribution is 0.0490. The standard InChI is InChI=1S/C13H23N4O2/c1-13(2,3)10-14-11(16-12(15-10)18-5)17(4)6-8-19-9-7-17/h6-9H2,1-5H3/q+1. The number of hydrogen-bond donors (Lipinski definition) is 0. The van der Waals surface area contributed by atoms with E-state index in [0.717, 1.165) is 38.1 Å². The highest BCUT2D eigenvalue weighted by Gasteiger charge is 2.34. The van der Waals surface area contributed by atoms with Crippen molar-refractivity contribution in [2.24, 2.45) is 0 Å². The van der Waals surface area contributed by atoms with Gasteiger partial charge in [-0.05, 0) is 0 Å². The molecular formula is C13H23N4O2+. The van der Waals surface area contributed by atoms with Crippen LogP contribution >= 0.6 is 0 Å². The molecule has 0 saturated carbocycles. The Morgan fingerprint density at radius 3 is 2.26 bits per heavy atom. The van der Waals surface area contributed by atoms with Gasteiger partial charge in [-0.2, -0.15) is 9.97 Å². The van der Waals surface area contributed by atoms with Crippen LogP contribution in [0.25, 0.3) is 0 Å². The van der Waals surface area contributed by atoms with Crippen LogP contribution in [0.2, 0.25) is 0 Å². The number of likely N-dealkylation sites (N-methyl/N-ethyl adjacent to an activating group) is 1. The van der Waals surface area contributed by atoms with Crippen molar-refractivity contribution >= 4 is 5.95 Å². The third-order valence-corrected chi connectivity index (χ3v) is 3.40. The molecule has 2 rings (SSSR count). The molecule has 0 atom stereocenters. The summed E-state index contributed by atoms with van der Waals surface area (Å²) in [5.74, 6) is 1.53. The van der Waals surface area contributed by atoms with Crippen molar-refractivity contribution in [2.75, 3.05) is 40.5 Å². The number of morpholine rings is 1. The van der Waals surface area contributed by atoms with E-state index in [9.17, 15) is 0 Å². The van der Waals surface area contributed by atoms with Crippen molar-refractivity contribution in [3.8, 4) is 6.01 Å². The first-order valence-electron chi connectivity index (χ1n) is 6.58. The maximum absolute atomic E-state index is 5.42. The highest BCUT2D eigenvalue weighted by atomic mass is 16.5. The van der Waals surface area contributed by atoms with Crippen LogP contribution in [-0.4, -0.2) is 55.4 Å². The maximum atomic E-state index is 5.42. The van der Waals surface area contributed by atoms with E-state index in [2.05, 4.69) is 42.8 Å². The van der Waals surface area contributed by atoms with Crippen LogP contribution in [0.3, 0.4) is 0 Å². The summed E-state index contributed by atoms with van der Waals surface area (Å²) in [7, 11) is 3.72. The molecular weight excluding hydrogens is 244 g/mol. The van der Waals surface area contributed by atoms with E-state index in [-0.39, 0.29) is 5.41 Å². The first-order chi connectivity index (χ1) is 8.85. The van der Waals surface area contributed by atoms with Crippen LogP contribution in [0, 0.1) is 0 Å². The van der Waals surface area contributed by atoms with Gasteiger partial charge in [0.05, 0.1) is 27.4 Å². The molecule has 0 unspecified atom stereocenters. The topological polar surface area (TPSA) is 57.1 Å². The molecule has 1 saturated heterocycles. The Morgan fingerprint density at radius 2 is 1.74 bits per heavy atom. The Kier molecular flexibility index (Phi) is 3.73. The second-order valence-corrected chi connectivity index (χ2v) is 6.15. The molecule has 6 heteroatoms. The van der Waals surface area contributed by atoms with Crippen LogP contribution in [0.4, 0.5) is 5.95 Å². The third kappa shape index (κ3) is 3.01. The fraction of sp³-hybridized carbons (Fsp3) is 0.769. The van der Waals surface area contributed by atoms with Crippen molar-refractivity contribution in [3.05, 3.63) is 5.82 Å². The molecule has 1 aliphatic rings. The van der Waals surface area contributed by atoms with E-state index >= 15 is 0 Å². The Balaban J connectivity index is 2.44. The molecule has 0 N–H and O–H groups in total. The summed E-state index contributed by atoms with van der Waals surface area (Å²) in [4.78, 5) is 13.5. The second kappa shape index (κ2) is 5.02. The molecule has 1 fully saturated rings. The van der Waals surface area contributed by atoms with Crippen LogP contribution in [0.5, 0.6) is 6.01 Å². The lowest BCUT2D eigenvalue weighted by Crippen LogP contribution is -2.54. The fourth-order valence-corrected chi connectivity index (χ4v) is 1.96. The number of quaternary nitrogens is 1. The number of nitrogens with zero attached hydrogens (tertiary/aromatic N) is 4. The number of methoxy groups -OCH3 is 1. The van der Waals surface area contributed by atoms with Crippen LogP contribution in [0.15, 0.2) is 0 Å². The Labute approximate surface area is 114 Å². The molecule has 2 heterocycles. The first-order valence-corrected chi connectivity index (χ1v) is 6.58. The lowest BCUT2D eigenvalue weighted by Gasteiger charge is -2.35. The van der Waals surface area contributed by atoms with E-state index < -0.39 is 0 Å². The summed E-state index contributed by atoms with van der Waals surface area (Å²) < 4.78 is 11.3. The van der Waals surface area contributed by atoms with Gasteiger partial charge in [-0.25, -0.2) is 0 Å². The molecule has 6 nitrogen and oxygen atoms in total. The van der Waals surface area contributed by atoms with Crippen molar-refractivity contribution in [3.63, 3.8) is 0 Å². The molecule has 0 aliphatic carbocycles. The van der Waals surface area contributed by atoms with E-state index in [1.165, 1.54) is 0 Å². The SMILES string of the molecule is COc1nc(C(C)(C)C)nc([N+]2(C)CCOCC2)n1. The van der Waals surface area contributed by atoms with E-state index in [1.807, 2.05) is 0 Å². The van der Waals surface area contributed by atoms with Gasteiger partial charge < -0.3 is 9.47 Å².